The van der Waals surface area contributed by atoms with Crippen LogP contribution in [0.25, 0.3) is 6.08 Å². The van der Waals surface area contributed by atoms with Gasteiger partial charge in [0, 0.05) is 26.7 Å². The summed E-state index contributed by atoms with van der Waals surface area (Å²) in [5.41, 5.74) is 1.98. The molecular weight excluding hydrogens is 298 g/mol. The number of hydrogen-bond donors (Lipinski definition) is 0. The van der Waals surface area contributed by atoms with Crippen molar-refractivity contribution in [1.82, 2.24) is 8.61 Å². The van der Waals surface area contributed by atoms with E-state index in [2.05, 4.69) is 0 Å². The van der Waals surface area contributed by atoms with Gasteiger partial charge in [-0.25, -0.2) is 0 Å². The van der Waals surface area contributed by atoms with Gasteiger partial charge in [0.25, 0.3) is 10.2 Å². The number of rotatable bonds is 7. The third-order valence-electron chi connectivity index (χ3n) is 3.45. The van der Waals surface area contributed by atoms with Gasteiger partial charge in [-0.2, -0.15) is 22.3 Å². The van der Waals surface area contributed by atoms with Crippen LogP contribution in [-0.2, 0) is 10.2 Å². The molecule has 0 radical (unpaired) electrons. The Morgan fingerprint density at radius 2 is 1.91 bits per heavy atom. The molecule has 0 saturated carbocycles. The molecule has 0 N–H and O–H groups in total. The maximum atomic E-state index is 12.4. The highest BCUT2D eigenvalue weighted by Gasteiger charge is 2.27. The van der Waals surface area contributed by atoms with Crippen molar-refractivity contribution in [3.8, 4) is 6.07 Å². The fourth-order valence-electron chi connectivity index (χ4n) is 2.02. The van der Waals surface area contributed by atoms with Crippen LogP contribution >= 0.6 is 0 Å². The molecule has 1 rings (SSSR count). The Labute approximate surface area is 133 Å². The van der Waals surface area contributed by atoms with Crippen molar-refractivity contribution in [2.24, 2.45) is 0 Å². The first-order valence-corrected chi connectivity index (χ1v) is 8.47. The Morgan fingerprint density at radius 3 is 2.45 bits per heavy atom. The average molecular weight is 321 g/mol. The van der Waals surface area contributed by atoms with Crippen LogP contribution in [0.4, 0.5) is 0 Å². The van der Waals surface area contributed by atoms with E-state index < -0.39 is 10.2 Å². The van der Waals surface area contributed by atoms with E-state index >= 15 is 0 Å². The highest BCUT2D eigenvalue weighted by atomic mass is 32.2. The zero-order chi connectivity index (χ0) is 16.8. The monoisotopic (exact) mass is 321 g/mol. The second-order valence-electron chi connectivity index (χ2n) is 5.39. The molecule has 0 aliphatic carbocycles. The van der Waals surface area contributed by atoms with Crippen LogP contribution < -0.4 is 0 Å². The van der Waals surface area contributed by atoms with Crippen LogP contribution in [0.5, 0.6) is 0 Å². The number of benzene rings is 1. The molecule has 5 nitrogen and oxygen atoms in total. The first kappa shape index (κ1) is 18.4. The van der Waals surface area contributed by atoms with Gasteiger partial charge in [0.15, 0.2) is 0 Å². The maximum absolute atomic E-state index is 12.4. The quantitative estimate of drug-likeness (QED) is 0.775. The molecule has 0 aromatic heterocycles. The minimum Gasteiger partial charge on any atom is -0.198 e. The van der Waals surface area contributed by atoms with Gasteiger partial charge in [-0.3, -0.25) is 0 Å². The van der Waals surface area contributed by atoms with Crippen molar-refractivity contribution in [1.29, 1.82) is 5.26 Å². The summed E-state index contributed by atoms with van der Waals surface area (Å²) in [5, 5.41) is 8.71. The Morgan fingerprint density at radius 1 is 1.32 bits per heavy atom. The van der Waals surface area contributed by atoms with Gasteiger partial charge in [-0.1, -0.05) is 42.0 Å². The van der Waals surface area contributed by atoms with Crippen molar-refractivity contribution < 1.29 is 8.42 Å². The van der Waals surface area contributed by atoms with E-state index in [1.54, 1.807) is 14.0 Å². The topological polar surface area (TPSA) is 64.4 Å². The molecule has 0 fully saturated rings. The summed E-state index contributed by atoms with van der Waals surface area (Å²) in [6, 6.07) is 11.4. The molecule has 1 aromatic rings. The molecule has 0 spiro atoms. The minimum absolute atomic E-state index is 0.169. The molecule has 0 aliphatic rings. The number of nitriles is 1. The average Bonchev–Trinajstić information content (AvgIpc) is 2.47. The molecule has 22 heavy (non-hydrogen) atoms. The summed E-state index contributed by atoms with van der Waals surface area (Å²) in [7, 11) is -0.520. The van der Waals surface area contributed by atoms with Crippen molar-refractivity contribution in [2.45, 2.75) is 26.3 Å². The van der Waals surface area contributed by atoms with Crippen LogP contribution in [0, 0.1) is 11.3 Å². The fourth-order valence-corrected chi connectivity index (χ4v) is 3.36. The summed E-state index contributed by atoms with van der Waals surface area (Å²) in [4.78, 5) is 0. The fraction of sp³-hybridized carbons (Fsp3) is 0.438. The van der Waals surface area contributed by atoms with Crippen LogP contribution in [0.2, 0.25) is 0 Å². The highest BCUT2D eigenvalue weighted by molar-refractivity contribution is 7.86. The molecule has 0 bridgehead atoms. The summed E-state index contributed by atoms with van der Waals surface area (Å²) in [6.07, 6.45) is 2.13. The van der Waals surface area contributed by atoms with E-state index in [4.69, 9.17) is 5.26 Å². The largest absolute Gasteiger partial charge is 0.282 e. The van der Waals surface area contributed by atoms with Gasteiger partial charge in [-0.05, 0) is 19.4 Å². The second-order valence-corrected chi connectivity index (χ2v) is 7.49. The van der Waals surface area contributed by atoms with Crippen LogP contribution in [0.3, 0.4) is 0 Å². The van der Waals surface area contributed by atoms with Crippen molar-refractivity contribution in [2.75, 3.05) is 20.6 Å². The summed E-state index contributed by atoms with van der Waals surface area (Å²) < 4.78 is 27.4. The Balaban J connectivity index is 2.81. The maximum Gasteiger partial charge on any atom is 0.282 e. The number of likely N-dealkylation sites (N-methyl/N-ethyl adjacent to an activating group) is 1. The third kappa shape index (κ3) is 4.95. The molecule has 1 atom stereocenters. The molecule has 0 amide bonds. The Bertz CT molecular complexity index is 648. The number of nitrogens with zero attached hydrogens (tertiary/aromatic N) is 3. The lowest BCUT2D eigenvalue weighted by atomic mass is 10.1. The predicted molar refractivity (Wildman–Crippen MR) is 89.1 cm³/mol. The second kappa shape index (κ2) is 8.08. The van der Waals surface area contributed by atoms with E-state index in [-0.39, 0.29) is 12.5 Å². The van der Waals surface area contributed by atoms with Crippen LogP contribution in [-0.4, -0.2) is 43.7 Å². The summed E-state index contributed by atoms with van der Waals surface area (Å²) in [5.74, 6) is 0. The summed E-state index contributed by atoms with van der Waals surface area (Å²) in [6.45, 7) is 3.93. The van der Waals surface area contributed by atoms with E-state index in [0.29, 0.717) is 6.54 Å². The van der Waals surface area contributed by atoms with Gasteiger partial charge < -0.3 is 0 Å². The standard InChI is InChI=1S/C16H23N3O2S/c1-14(12-16-8-6-5-7-9-16)13-18(3)22(20,21)19(4)15(2)10-11-17/h5-9,12,15H,10,13H2,1-4H3/b14-12+. The smallest absolute Gasteiger partial charge is 0.198 e. The van der Waals surface area contributed by atoms with Gasteiger partial charge >= 0.3 is 0 Å². The molecule has 0 heterocycles. The van der Waals surface area contributed by atoms with E-state index in [9.17, 15) is 8.42 Å². The highest BCUT2D eigenvalue weighted by Crippen LogP contribution is 2.14. The lowest BCUT2D eigenvalue weighted by Crippen LogP contribution is -2.44. The first-order valence-electron chi connectivity index (χ1n) is 7.07. The van der Waals surface area contributed by atoms with Crippen molar-refractivity contribution in [3.05, 3.63) is 41.5 Å². The van der Waals surface area contributed by atoms with Crippen molar-refractivity contribution >= 4 is 16.3 Å². The van der Waals surface area contributed by atoms with Crippen molar-refractivity contribution in [3.63, 3.8) is 0 Å². The number of hydrogen-bond acceptors (Lipinski definition) is 3. The SMILES string of the molecule is C/C(=C\c1ccccc1)CN(C)S(=O)(=O)N(C)C(C)CC#N. The lowest BCUT2D eigenvalue weighted by Gasteiger charge is -2.28. The molecule has 1 aromatic carbocycles. The molecule has 1 unspecified atom stereocenters. The third-order valence-corrected chi connectivity index (χ3v) is 5.45. The zero-order valence-corrected chi connectivity index (χ0v) is 14.3. The lowest BCUT2D eigenvalue weighted by molar-refractivity contribution is 0.353. The molecule has 120 valence electrons. The molecule has 6 heteroatoms. The van der Waals surface area contributed by atoms with Crippen LogP contribution in [0.15, 0.2) is 35.9 Å². The van der Waals surface area contributed by atoms with E-state index in [0.717, 1.165) is 11.1 Å². The van der Waals surface area contributed by atoms with Gasteiger partial charge in [0.2, 0.25) is 0 Å². The minimum atomic E-state index is -3.57. The predicted octanol–water partition coefficient (Wildman–Crippen LogP) is 2.50. The zero-order valence-electron chi connectivity index (χ0n) is 13.5. The Kier molecular flexibility index (Phi) is 6.75. The van der Waals surface area contributed by atoms with E-state index in [1.807, 2.05) is 49.4 Å². The molecule has 0 aliphatic heterocycles. The normalized spacial score (nSPS) is 14.1. The van der Waals surface area contributed by atoms with E-state index in [1.165, 1.54) is 15.7 Å². The Hall–Kier alpha value is -1.68. The van der Waals surface area contributed by atoms with Crippen LogP contribution in [0.1, 0.15) is 25.8 Å². The first-order chi connectivity index (χ1) is 10.3. The van der Waals surface area contributed by atoms with Gasteiger partial charge in [0.1, 0.15) is 0 Å². The molecular formula is C16H23N3O2S. The summed E-state index contributed by atoms with van der Waals surface area (Å²) >= 11 is 0. The van der Waals surface area contributed by atoms with Gasteiger partial charge in [-0.15, -0.1) is 0 Å². The molecule has 0 saturated heterocycles. The van der Waals surface area contributed by atoms with Gasteiger partial charge in [0.05, 0.1) is 12.5 Å².